The lowest BCUT2D eigenvalue weighted by Crippen LogP contribution is -2.63. The monoisotopic (exact) mass is 460 g/mol. The standard InChI is InChI=1S/C23H28N2O8/c1-5-31-20(28)16-13-25(19(27)21(29)32-6-2)23(4)18(16)15-9-7-8-10-17(15)24(22(23)30)11-12-33-14(3)26/h7-10,16,18H,5-6,11-13H2,1-4H3/t16-,18+,23-/m0/s1. The van der Waals surface area contributed by atoms with Crippen molar-refractivity contribution in [3.63, 3.8) is 0 Å². The minimum atomic E-state index is -1.55. The first-order valence-corrected chi connectivity index (χ1v) is 10.9. The van der Waals surface area contributed by atoms with Crippen LogP contribution in [0.25, 0.3) is 0 Å². The van der Waals surface area contributed by atoms with Gasteiger partial charge >= 0.3 is 23.8 Å². The van der Waals surface area contributed by atoms with Gasteiger partial charge in [0.05, 0.1) is 25.7 Å². The minimum absolute atomic E-state index is 0.00878. The molecule has 2 aliphatic heterocycles. The van der Waals surface area contributed by atoms with Crippen LogP contribution in [0.15, 0.2) is 24.3 Å². The maximum Gasteiger partial charge on any atom is 0.397 e. The summed E-state index contributed by atoms with van der Waals surface area (Å²) in [4.78, 5) is 65.9. The Labute approximate surface area is 191 Å². The van der Waals surface area contributed by atoms with Gasteiger partial charge in [0.25, 0.3) is 5.91 Å². The van der Waals surface area contributed by atoms with E-state index in [-0.39, 0.29) is 32.9 Å². The molecule has 33 heavy (non-hydrogen) atoms. The number of ether oxygens (including phenoxy) is 3. The van der Waals surface area contributed by atoms with E-state index in [2.05, 4.69) is 0 Å². The second-order valence-corrected chi connectivity index (χ2v) is 7.98. The molecule has 0 spiro atoms. The number of nitrogens with zero attached hydrogens (tertiary/aromatic N) is 2. The summed E-state index contributed by atoms with van der Waals surface area (Å²) in [7, 11) is 0. The maximum absolute atomic E-state index is 13.9. The van der Waals surface area contributed by atoms with Crippen molar-refractivity contribution in [3.05, 3.63) is 29.8 Å². The van der Waals surface area contributed by atoms with Gasteiger partial charge in [0, 0.05) is 25.1 Å². The predicted molar refractivity (Wildman–Crippen MR) is 115 cm³/mol. The highest BCUT2D eigenvalue weighted by atomic mass is 16.5. The van der Waals surface area contributed by atoms with E-state index in [1.807, 2.05) is 0 Å². The quantitative estimate of drug-likeness (QED) is 0.351. The summed E-state index contributed by atoms with van der Waals surface area (Å²) in [6.45, 7) is 6.00. The van der Waals surface area contributed by atoms with E-state index >= 15 is 0 Å². The van der Waals surface area contributed by atoms with Crippen molar-refractivity contribution in [2.75, 3.05) is 37.8 Å². The summed E-state index contributed by atoms with van der Waals surface area (Å²) in [5.41, 5.74) is -0.331. The van der Waals surface area contributed by atoms with Crippen LogP contribution in [0.1, 0.15) is 39.2 Å². The first-order chi connectivity index (χ1) is 15.7. The fraction of sp³-hybridized carbons (Fsp3) is 0.522. The third-order valence-corrected chi connectivity index (χ3v) is 6.09. The number of hydrogen-bond donors (Lipinski definition) is 0. The summed E-state index contributed by atoms with van der Waals surface area (Å²) in [6, 6.07) is 7.05. The Morgan fingerprint density at radius 3 is 2.36 bits per heavy atom. The van der Waals surface area contributed by atoms with Gasteiger partial charge in [-0.1, -0.05) is 18.2 Å². The van der Waals surface area contributed by atoms with Gasteiger partial charge in [-0.05, 0) is 32.4 Å². The maximum atomic E-state index is 13.9. The van der Waals surface area contributed by atoms with Crippen LogP contribution in [-0.2, 0) is 38.2 Å². The van der Waals surface area contributed by atoms with Gasteiger partial charge in [-0.25, -0.2) is 4.79 Å². The van der Waals surface area contributed by atoms with Crippen molar-refractivity contribution in [2.45, 2.75) is 39.2 Å². The van der Waals surface area contributed by atoms with Crippen LogP contribution in [0.4, 0.5) is 5.69 Å². The molecule has 1 aromatic rings. The first kappa shape index (κ1) is 24.2. The van der Waals surface area contributed by atoms with Gasteiger partial charge in [-0.2, -0.15) is 0 Å². The van der Waals surface area contributed by atoms with Gasteiger partial charge < -0.3 is 24.0 Å². The molecule has 0 saturated carbocycles. The Morgan fingerprint density at radius 1 is 1.06 bits per heavy atom. The van der Waals surface area contributed by atoms with Crippen molar-refractivity contribution in [1.82, 2.24) is 4.90 Å². The number of fused-ring (bicyclic) bond motifs is 3. The molecule has 178 valence electrons. The Bertz CT molecular complexity index is 977. The molecule has 3 atom stereocenters. The summed E-state index contributed by atoms with van der Waals surface area (Å²) < 4.78 is 15.2. The molecule has 0 N–H and O–H groups in total. The molecule has 2 amide bonds. The topological polar surface area (TPSA) is 120 Å². The lowest BCUT2D eigenvalue weighted by Gasteiger charge is -2.46. The van der Waals surface area contributed by atoms with Crippen LogP contribution in [-0.4, -0.2) is 73.1 Å². The SMILES string of the molecule is CCOC(=O)C(=O)N1C[C@H](C(=O)OCC)[C@H]2c3ccccc3N(CCOC(C)=O)C(=O)[C@]21C. The molecule has 1 fully saturated rings. The second kappa shape index (κ2) is 9.60. The van der Waals surface area contributed by atoms with Gasteiger partial charge in [0.1, 0.15) is 12.1 Å². The van der Waals surface area contributed by atoms with Crippen molar-refractivity contribution in [1.29, 1.82) is 0 Å². The molecule has 1 aromatic carbocycles. The average molecular weight is 460 g/mol. The first-order valence-electron chi connectivity index (χ1n) is 10.9. The smallest absolute Gasteiger partial charge is 0.397 e. The van der Waals surface area contributed by atoms with Crippen LogP contribution in [0.2, 0.25) is 0 Å². The normalized spacial score (nSPS) is 23.5. The van der Waals surface area contributed by atoms with Crippen molar-refractivity contribution >= 4 is 35.4 Å². The molecule has 3 rings (SSSR count). The van der Waals surface area contributed by atoms with E-state index in [1.54, 1.807) is 45.0 Å². The van der Waals surface area contributed by atoms with Crippen molar-refractivity contribution in [3.8, 4) is 0 Å². The largest absolute Gasteiger partial charge is 0.466 e. The number of hydrogen-bond acceptors (Lipinski definition) is 8. The molecule has 2 heterocycles. The Morgan fingerprint density at radius 2 is 1.73 bits per heavy atom. The van der Waals surface area contributed by atoms with Gasteiger partial charge in [0.15, 0.2) is 0 Å². The van der Waals surface area contributed by atoms with E-state index in [4.69, 9.17) is 14.2 Å². The van der Waals surface area contributed by atoms with Gasteiger partial charge in [0.2, 0.25) is 0 Å². The molecule has 0 radical (unpaired) electrons. The number of amides is 2. The third-order valence-electron chi connectivity index (χ3n) is 6.09. The number of benzene rings is 1. The van der Waals surface area contributed by atoms with Crippen LogP contribution >= 0.6 is 0 Å². The third kappa shape index (κ3) is 4.17. The summed E-state index contributed by atoms with van der Waals surface area (Å²) >= 11 is 0. The lowest BCUT2D eigenvalue weighted by molar-refractivity contribution is -0.163. The number of anilines is 1. The van der Waals surface area contributed by atoms with E-state index in [0.29, 0.717) is 11.3 Å². The summed E-state index contributed by atoms with van der Waals surface area (Å²) in [6.07, 6.45) is 0. The van der Waals surface area contributed by atoms with Crippen molar-refractivity contribution < 1.29 is 38.2 Å². The Kier molecular flexibility index (Phi) is 7.04. The van der Waals surface area contributed by atoms with Crippen LogP contribution in [0.3, 0.4) is 0 Å². The average Bonchev–Trinajstić information content (AvgIpc) is 3.10. The molecule has 1 saturated heterocycles. The lowest BCUT2D eigenvalue weighted by atomic mass is 9.72. The molecule has 10 nitrogen and oxygen atoms in total. The molecule has 0 unspecified atom stereocenters. The van der Waals surface area contributed by atoms with E-state index in [0.717, 1.165) is 4.90 Å². The molecule has 0 bridgehead atoms. The zero-order chi connectivity index (χ0) is 24.3. The highest BCUT2D eigenvalue weighted by Gasteiger charge is 2.64. The fourth-order valence-corrected chi connectivity index (χ4v) is 4.76. The van der Waals surface area contributed by atoms with E-state index in [9.17, 15) is 24.0 Å². The molecule has 0 aromatic heterocycles. The van der Waals surface area contributed by atoms with Crippen molar-refractivity contribution in [2.24, 2.45) is 5.92 Å². The molecular weight excluding hydrogens is 432 g/mol. The highest BCUT2D eigenvalue weighted by Crippen LogP contribution is 2.53. The minimum Gasteiger partial charge on any atom is -0.466 e. The van der Waals surface area contributed by atoms with Gasteiger partial charge in [-0.3, -0.25) is 19.2 Å². The van der Waals surface area contributed by atoms with Crippen LogP contribution in [0.5, 0.6) is 0 Å². The summed E-state index contributed by atoms with van der Waals surface area (Å²) in [5, 5.41) is 0. The predicted octanol–water partition coefficient (Wildman–Crippen LogP) is 1.02. The number of esters is 3. The van der Waals surface area contributed by atoms with Gasteiger partial charge in [-0.15, -0.1) is 0 Å². The number of likely N-dealkylation sites (tertiary alicyclic amines) is 1. The Hall–Kier alpha value is -3.43. The summed E-state index contributed by atoms with van der Waals surface area (Å²) in [5.74, 6) is -5.20. The molecule has 2 aliphatic rings. The second-order valence-electron chi connectivity index (χ2n) is 7.98. The van der Waals surface area contributed by atoms with Crippen LogP contribution in [0, 0.1) is 5.92 Å². The number of para-hydroxylation sites is 1. The number of carbonyl (C=O) groups is 5. The molecule has 0 aliphatic carbocycles. The van der Waals surface area contributed by atoms with E-state index in [1.165, 1.54) is 11.8 Å². The zero-order valence-corrected chi connectivity index (χ0v) is 19.2. The number of carbonyl (C=O) groups excluding carboxylic acids is 5. The zero-order valence-electron chi connectivity index (χ0n) is 19.2. The highest BCUT2D eigenvalue weighted by molar-refractivity contribution is 6.33. The number of rotatable bonds is 6. The fourth-order valence-electron chi connectivity index (χ4n) is 4.76. The Balaban J connectivity index is 2.12. The van der Waals surface area contributed by atoms with Crippen LogP contribution < -0.4 is 4.90 Å². The molecule has 10 heteroatoms. The van der Waals surface area contributed by atoms with E-state index < -0.39 is 47.1 Å². The molecular formula is C23H28N2O8.